The Morgan fingerprint density at radius 2 is 1.70 bits per heavy atom. The number of benzene rings is 1. The van der Waals surface area contributed by atoms with Gasteiger partial charge in [-0.15, -0.1) is 0 Å². The summed E-state index contributed by atoms with van der Waals surface area (Å²) in [6.45, 7) is 6.63. The Balaban J connectivity index is 2.36. The normalized spacial score (nSPS) is 18.9. The van der Waals surface area contributed by atoms with Gasteiger partial charge in [0.25, 0.3) is 0 Å². The Morgan fingerprint density at radius 1 is 1.20 bits per heavy atom. The highest BCUT2D eigenvalue weighted by Gasteiger charge is 2.33. The lowest BCUT2D eigenvalue weighted by molar-refractivity contribution is 0.0537. The number of anilines is 1. The summed E-state index contributed by atoms with van der Waals surface area (Å²) in [5, 5.41) is 0. The monoisotopic (exact) mass is 298 g/mol. The predicted octanol–water partition coefficient (Wildman–Crippen LogP) is 1.73. The van der Waals surface area contributed by atoms with Crippen LogP contribution in [0.15, 0.2) is 17.0 Å². The standard InChI is InChI=1S/C14H22N2O3S/c1-10-8-12(15)9-11(2)13(10)20(17,18)16-14(3)4-6-19-7-5-14/h8-9,16H,4-7,15H2,1-3H3. The predicted molar refractivity (Wildman–Crippen MR) is 79.1 cm³/mol. The molecule has 3 N–H and O–H groups in total. The van der Waals surface area contributed by atoms with Crippen molar-refractivity contribution in [2.45, 2.75) is 44.0 Å². The van der Waals surface area contributed by atoms with Crippen molar-refractivity contribution >= 4 is 15.7 Å². The van der Waals surface area contributed by atoms with E-state index in [0.717, 1.165) is 0 Å². The molecule has 6 heteroatoms. The molecule has 1 aliphatic heterocycles. The molecule has 0 unspecified atom stereocenters. The number of sulfonamides is 1. The van der Waals surface area contributed by atoms with Gasteiger partial charge in [0.05, 0.1) is 4.90 Å². The number of aryl methyl sites for hydroxylation is 2. The highest BCUT2D eigenvalue weighted by molar-refractivity contribution is 7.89. The van der Waals surface area contributed by atoms with Crippen LogP contribution in [0.4, 0.5) is 5.69 Å². The Hall–Kier alpha value is -1.11. The fourth-order valence-electron chi connectivity index (χ4n) is 2.71. The first-order valence-corrected chi connectivity index (χ1v) is 8.20. The zero-order chi connectivity index (χ0) is 15.0. The summed E-state index contributed by atoms with van der Waals surface area (Å²) in [5.41, 5.74) is 7.23. The fourth-order valence-corrected chi connectivity index (χ4v) is 4.63. The van der Waals surface area contributed by atoms with Gasteiger partial charge in [0.1, 0.15) is 0 Å². The number of hydrogen-bond donors (Lipinski definition) is 2. The van der Waals surface area contributed by atoms with Crippen molar-refractivity contribution in [3.8, 4) is 0 Å². The maximum Gasteiger partial charge on any atom is 0.241 e. The third-order valence-corrected chi connectivity index (χ3v) is 5.67. The number of nitrogens with one attached hydrogen (secondary N) is 1. The first kappa shape index (κ1) is 15.3. The van der Waals surface area contributed by atoms with Gasteiger partial charge in [-0.1, -0.05) is 0 Å². The Labute approximate surface area is 120 Å². The Morgan fingerprint density at radius 3 is 2.20 bits per heavy atom. The Kier molecular flexibility index (Phi) is 4.09. The van der Waals surface area contributed by atoms with Crippen molar-refractivity contribution in [2.24, 2.45) is 0 Å². The number of rotatable bonds is 3. The Bertz CT molecular complexity index is 582. The van der Waals surface area contributed by atoms with Crippen molar-refractivity contribution in [2.75, 3.05) is 18.9 Å². The van der Waals surface area contributed by atoms with Gasteiger partial charge in [0.15, 0.2) is 0 Å². The summed E-state index contributed by atoms with van der Waals surface area (Å²) in [7, 11) is -3.56. The van der Waals surface area contributed by atoms with E-state index >= 15 is 0 Å². The van der Waals surface area contributed by atoms with Crippen LogP contribution in [0.3, 0.4) is 0 Å². The van der Waals surface area contributed by atoms with Crippen LogP contribution in [0, 0.1) is 13.8 Å². The molecule has 0 saturated carbocycles. The molecule has 0 bridgehead atoms. The molecular weight excluding hydrogens is 276 g/mol. The summed E-state index contributed by atoms with van der Waals surface area (Å²) >= 11 is 0. The summed E-state index contributed by atoms with van der Waals surface area (Å²) in [6.07, 6.45) is 1.36. The molecule has 1 saturated heterocycles. The molecular formula is C14H22N2O3S. The van der Waals surface area contributed by atoms with Crippen LogP contribution >= 0.6 is 0 Å². The summed E-state index contributed by atoms with van der Waals surface area (Å²) in [6, 6.07) is 3.38. The quantitative estimate of drug-likeness (QED) is 0.833. The molecule has 0 amide bonds. The highest BCUT2D eigenvalue weighted by atomic mass is 32.2. The van der Waals surface area contributed by atoms with Crippen molar-refractivity contribution in [3.63, 3.8) is 0 Å². The van der Waals surface area contributed by atoms with E-state index in [1.807, 2.05) is 6.92 Å². The highest BCUT2D eigenvalue weighted by Crippen LogP contribution is 2.27. The van der Waals surface area contributed by atoms with E-state index in [2.05, 4.69) is 4.72 Å². The molecule has 20 heavy (non-hydrogen) atoms. The van der Waals surface area contributed by atoms with Gasteiger partial charge in [-0.25, -0.2) is 13.1 Å². The molecule has 0 aliphatic carbocycles. The third kappa shape index (κ3) is 3.13. The van der Waals surface area contributed by atoms with Crippen LogP contribution in [0.1, 0.15) is 30.9 Å². The lowest BCUT2D eigenvalue weighted by atomic mass is 9.94. The van der Waals surface area contributed by atoms with E-state index in [9.17, 15) is 8.42 Å². The van der Waals surface area contributed by atoms with Crippen LogP contribution in [-0.2, 0) is 14.8 Å². The molecule has 0 aromatic heterocycles. The van der Waals surface area contributed by atoms with Crippen LogP contribution in [0.5, 0.6) is 0 Å². The SMILES string of the molecule is Cc1cc(N)cc(C)c1S(=O)(=O)NC1(C)CCOCC1. The van der Waals surface area contributed by atoms with Crippen molar-refractivity contribution in [1.29, 1.82) is 0 Å². The van der Waals surface area contributed by atoms with E-state index in [1.165, 1.54) is 0 Å². The molecule has 5 nitrogen and oxygen atoms in total. The van der Waals surface area contributed by atoms with Crippen LogP contribution in [-0.4, -0.2) is 27.2 Å². The summed E-state index contributed by atoms with van der Waals surface area (Å²) < 4.78 is 33.5. The number of ether oxygens (including phenoxy) is 1. The summed E-state index contributed by atoms with van der Waals surface area (Å²) in [5.74, 6) is 0. The second kappa shape index (κ2) is 5.35. The minimum Gasteiger partial charge on any atom is -0.399 e. The first-order chi connectivity index (χ1) is 9.23. The van der Waals surface area contributed by atoms with Gasteiger partial charge in [-0.05, 0) is 56.9 Å². The zero-order valence-corrected chi connectivity index (χ0v) is 13.0. The maximum absolute atomic E-state index is 12.7. The van der Waals surface area contributed by atoms with Crippen LogP contribution in [0.2, 0.25) is 0 Å². The van der Waals surface area contributed by atoms with E-state index in [-0.39, 0.29) is 0 Å². The minimum absolute atomic E-state index is 0.333. The minimum atomic E-state index is -3.56. The van der Waals surface area contributed by atoms with Gasteiger partial charge in [0, 0.05) is 24.4 Å². The largest absolute Gasteiger partial charge is 0.399 e. The molecule has 1 aromatic carbocycles. The molecule has 1 fully saturated rings. The van der Waals surface area contributed by atoms with E-state index in [0.29, 0.717) is 47.8 Å². The van der Waals surface area contributed by atoms with Gasteiger partial charge in [0.2, 0.25) is 10.0 Å². The van der Waals surface area contributed by atoms with Crippen molar-refractivity contribution in [1.82, 2.24) is 4.72 Å². The third-order valence-electron chi connectivity index (χ3n) is 3.73. The second-order valence-electron chi connectivity index (χ2n) is 5.76. The smallest absolute Gasteiger partial charge is 0.241 e. The van der Waals surface area contributed by atoms with Crippen molar-refractivity contribution in [3.05, 3.63) is 23.3 Å². The lowest BCUT2D eigenvalue weighted by Gasteiger charge is -2.34. The maximum atomic E-state index is 12.7. The van der Waals surface area contributed by atoms with E-state index in [1.54, 1.807) is 26.0 Å². The van der Waals surface area contributed by atoms with Crippen LogP contribution in [0.25, 0.3) is 0 Å². The first-order valence-electron chi connectivity index (χ1n) is 6.72. The topological polar surface area (TPSA) is 81.4 Å². The molecule has 0 atom stereocenters. The molecule has 0 spiro atoms. The molecule has 0 radical (unpaired) electrons. The van der Waals surface area contributed by atoms with Gasteiger partial charge in [-0.2, -0.15) is 0 Å². The average molecular weight is 298 g/mol. The lowest BCUT2D eigenvalue weighted by Crippen LogP contribution is -2.49. The zero-order valence-electron chi connectivity index (χ0n) is 12.2. The molecule has 2 rings (SSSR count). The average Bonchev–Trinajstić information content (AvgIpc) is 2.25. The van der Waals surface area contributed by atoms with Gasteiger partial charge in [-0.3, -0.25) is 0 Å². The molecule has 1 aliphatic rings. The van der Waals surface area contributed by atoms with E-state index in [4.69, 9.17) is 10.5 Å². The summed E-state index contributed by atoms with van der Waals surface area (Å²) in [4.78, 5) is 0.333. The molecule has 1 heterocycles. The second-order valence-corrected chi connectivity index (χ2v) is 7.38. The molecule has 112 valence electrons. The fraction of sp³-hybridized carbons (Fsp3) is 0.571. The van der Waals surface area contributed by atoms with Crippen molar-refractivity contribution < 1.29 is 13.2 Å². The number of nitrogen functional groups attached to an aromatic ring is 1. The van der Waals surface area contributed by atoms with Gasteiger partial charge >= 0.3 is 0 Å². The molecule has 1 aromatic rings. The number of hydrogen-bond acceptors (Lipinski definition) is 4. The number of nitrogens with two attached hydrogens (primary N) is 1. The van der Waals surface area contributed by atoms with Gasteiger partial charge < -0.3 is 10.5 Å². The van der Waals surface area contributed by atoms with Crippen LogP contribution < -0.4 is 10.5 Å². The van der Waals surface area contributed by atoms with E-state index < -0.39 is 15.6 Å².